The van der Waals surface area contributed by atoms with Crippen molar-refractivity contribution in [2.75, 3.05) is 7.11 Å². The molecule has 1 N–H and O–H groups in total. The maximum atomic E-state index is 17.2. The van der Waals surface area contributed by atoms with Crippen molar-refractivity contribution in [3.05, 3.63) is 23.8 Å². The first kappa shape index (κ1) is 24.5. The number of alkyl halides is 2. The standard InChI is InChI=1S/C25H32F2O5S/c1-6-20(30)32-25(21(33)31-5)13(2)9-15-16-11-18(26)17-10-14(28)7-8-22(17,3)24(16,27)19(29)12-23(15,25)4/h7-8,10,13,15-16,18-19,29H,6,9,11-12H2,1-5H3/t13-,15-,16-,18-,19-,22-,23-,24-,25-/m0/s1. The Morgan fingerprint density at radius 2 is 1.97 bits per heavy atom. The van der Waals surface area contributed by atoms with Gasteiger partial charge in [0, 0.05) is 29.1 Å². The first-order valence-corrected chi connectivity index (χ1v) is 12.0. The van der Waals surface area contributed by atoms with E-state index in [0.29, 0.717) is 6.42 Å². The summed E-state index contributed by atoms with van der Waals surface area (Å²) < 4.78 is 44.2. The van der Waals surface area contributed by atoms with Gasteiger partial charge in [-0.25, -0.2) is 8.78 Å². The number of halogens is 2. The molecule has 0 heterocycles. The molecule has 0 radical (unpaired) electrons. The summed E-state index contributed by atoms with van der Waals surface area (Å²) in [4.78, 5) is 24.5. The molecule has 0 aliphatic heterocycles. The number of methoxy groups -OCH3 is 1. The van der Waals surface area contributed by atoms with Crippen molar-refractivity contribution >= 4 is 29.0 Å². The van der Waals surface area contributed by atoms with Crippen molar-refractivity contribution in [1.29, 1.82) is 0 Å². The van der Waals surface area contributed by atoms with Crippen LogP contribution in [0.15, 0.2) is 23.8 Å². The molecular formula is C25H32F2O5S. The Labute approximate surface area is 198 Å². The van der Waals surface area contributed by atoms with Crippen LogP contribution in [0.2, 0.25) is 0 Å². The van der Waals surface area contributed by atoms with Gasteiger partial charge in [-0.2, -0.15) is 0 Å². The molecule has 3 fully saturated rings. The summed E-state index contributed by atoms with van der Waals surface area (Å²) in [6.07, 6.45) is 1.17. The minimum Gasteiger partial charge on any atom is -0.487 e. The van der Waals surface area contributed by atoms with Crippen LogP contribution in [0, 0.1) is 28.6 Å². The van der Waals surface area contributed by atoms with E-state index in [9.17, 15) is 14.7 Å². The van der Waals surface area contributed by atoms with Crippen LogP contribution in [0.3, 0.4) is 0 Å². The van der Waals surface area contributed by atoms with E-state index in [0.717, 1.165) is 0 Å². The van der Waals surface area contributed by atoms with E-state index < -0.39 is 52.2 Å². The molecular weight excluding hydrogens is 450 g/mol. The summed E-state index contributed by atoms with van der Waals surface area (Å²) in [6, 6.07) is 0. The van der Waals surface area contributed by atoms with Crippen LogP contribution < -0.4 is 0 Å². The number of fused-ring (bicyclic) bond motifs is 5. The summed E-state index contributed by atoms with van der Waals surface area (Å²) in [6.45, 7) is 6.97. The number of hydrogen-bond donors (Lipinski definition) is 1. The van der Waals surface area contributed by atoms with E-state index in [1.165, 1.54) is 25.3 Å². The molecule has 9 atom stereocenters. The van der Waals surface area contributed by atoms with Crippen molar-refractivity contribution in [2.24, 2.45) is 28.6 Å². The lowest BCUT2D eigenvalue weighted by Gasteiger charge is -2.63. The summed E-state index contributed by atoms with van der Waals surface area (Å²) in [5.74, 6) is -2.47. The van der Waals surface area contributed by atoms with Crippen LogP contribution in [0.1, 0.15) is 53.4 Å². The molecule has 4 aliphatic rings. The number of carbonyl (C=O) groups is 2. The average molecular weight is 483 g/mol. The second-order valence-electron chi connectivity index (χ2n) is 10.6. The van der Waals surface area contributed by atoms with Crippen molar-refractivity contribution in [3.8, 4) is 0 Å². The number of ketones is 1. The molecule has 182 valence electrons. The van der Waals surface area contributed by atoms with E-state index in [1.807, 2.05) is 13.8 Å². The SMILES string of the molecule is CCC(=O)O[C@]1(C(=S)OC)[C@@H](C)C[C@H]2[C@@H]3C[C@H](F)C4=CC(=O)C=C[C@]4(C)[C@@]3(F)[C@@H](O)C[C@@]21C. The number of aliphatic hydroxyl groups excluding tert-OH is 1. The fourth-order valence-corrected chi connectivity index (χ4v) is 8.10. The summed E-state index contributed by atoms with van der Waals surface area (Å²) >= 11 is 5.57. The average Bonchev–Trinajstić information content (AvgIpc) is 2.98. The van der Waals surface area contributed by atoms with Crippen molar-refractivity contribution < 1.29 is 33.0 Å². The minimum absolute atomic E-state index is 0.0445. The molecule has 0 aromatic heterocycles. The summed E-state index contributed by atoms with van der Waals surface area (Å²) in [5.41, 5.74) is -5.88. The third-order valence-corrected chi connectivity index (χ3v) is 9.69. The largest absolute Gasteiger partial charge is 0.487 e. The van der Waals surface area contributed by atoms with Crippen LogP contribution >= 0.6 is 12.2 Å². The van der Waals surface area contributed by atoms with Crippen LogP contribution in [-0.2, 0) is 19.1 Å². The molecule has 0 bridgehead atoms. The molecule has 4 rings (SSSR count). The number of carbonyl (C=O) groups excluding carboxylic acids is 2. The molecule has 4 aliphatic carbocycles. The zero-order valence-electron chi connectivity index (χ0n) is 19.7. The third-order valence-electron chi connectivity index (χ3n) is 9.22. The van der Waals surface area contributed by atoms with Crippen molar-refractivity contribution in [1.82, 2.24) is 0 Å². The number of hydrogen-bond acceptors (Lipinski definition) is 6. The van der Waals surface area contributed by atoms with Gasteiger partial charge in [0.2, 0.25) is 5.05 Å². The molecule has 0 aromatic carbocycles. The van der Waals surface area contributed by atoms with E-state index in [1.54, 1.807) is 13.8 Å². The highest BCUT2D eigenvalue weighted by atomic mass is 32.1. The molecule has 0 spiro atoms. The normalized spacial score (nSPS) is 48.3. The number of esters is 1. The zero-order valence-corrected chi connectivity index (χ0v) is 20.5. The third kappa shape index (κ3) is 2.86. The number of rotatable bonds is 3. The lowest BCUT2D eigenvalue weighted by atomic mass is 9.44. The van der Waals surface area contributed by atoms with E-state index in [2.05, 4.69) is 0 Å². The Kier molecular flexibility index (Phi) is 5.68. The van der Waals surface area contributed by atoms with Gasteiger partial charge in [0.15, 0.2) is 17.1 Å². The monoisotopic (exact) mass is 482 g/mol. The van der Waals surface area contributed by atoms with Crippen LogP contribution in [0.4, 0.5) is 8.78 Å². The van der Waals surface area contributed by atoms with Gasteiger partial charge in [-0.3, -0.25) is 9.59 Å². The quantitative estimate of drug-likeness (QED) is 0.480. The van der Waals surface area contributed by atoms with Crippen LogP contribution in [0.5, 0.6) is 0 Å². The van der Waals surface area contributed by atoms with Gasteiger partial charge in [0.25, 0.3) is 0 Å². The molecule has 33 heavy (non-hydrogen) atoms. The second-order valence-corrected chi connectivity index (χ2v) is 10.9. The highest BCUT2D eigenvalue weighted by Gasteiger charge is 2.77. The zero-order chi connectivity index (χ0) is 24.6. The van der Waals surface area contributed by atoms with Crippen LogP contribution in [-0.4, -0.2) is 52.6 Å². The van der Waals surface area contributed by atoms with Crippen LogP contribution in [0.25, 0.3) is 0 Å². The number of thiocarbonyl (C=S) groups is 1. The summed E-state index contributed by atoms with van der Waals surface area (Å²) in [7, 11) is 1.41. The molecule has 8 heteroatoms. The summed E-state index contributed by atoms with van der Waals surface area (Å²) in [5, 5.41) is 11.5. The molecule has 0 aromatic rings. The van der Waals surface area contributed by atoms with Gasteiger partial charge >= 0.3 is 5.97 Å². The number of ether oxygens (including phenoxy) is 2. The maximum Gasteiger partial charge on any atom is 0.306 e. The molecule has 0 amide bonds. The predicted molar refractivity (Wildman–Crippen MR) is 122 cm³/mol. The molecule has 5 nitrogen and oxygen atoms in total. The Morgan fingerprint density at radius 3 is 2.58 bits per heavy atom. The number of aliphatic hydroxyl groups is 1. The molecule has 3 saturated carbocycles. The predicted octanol–water partition coefficient (Wildman–Crippen LogP) is 4.22. The fourth-order valence-electron chi connectivity index (χ4n) is 7.62. The van der Waals surface area contributed by atoms with Gasteiger partial charge in [-0.05, 0) is 62.0 Å². The lowest BCUT2D eigenvalue weighted by Crippen LogP contribution is -2.70. The van der Waals surface area contributed by atoms with E-state index in [4.69, 9.17) is 21.7 Å². The highest BCUT2D eigenvalue weighted by Crippen LogP contribution is 2.71. The van der Waals surface area contributed by atoms with E-state index in [-0.39, 0.29) is 41.6 Å². The van der Waals surface area contributed by atoms with E-state index >= 15 is 8.78 Å². The second kappa shape index (κ2) is 7.67. The minimum atomic E-state index is -2.19. The Bertz CT molecular complexity index is 964. The van der Waals surface area contributed by atoms with Crippen molar-refractivity contribution in [3.63, 3.8) is 0 Å². The molecule has 0 unspecified atom stereocenters. The Morgan fingerprint density at radius 1 is 1.30 bits per heavy atom. The Balaban J connectivity index is 1.88. The van der Waals surface area contributed by atoms with Gasteiger partial charge in [0.1, 0.15) is 6.17 Å². The first-order valence-electron chi connectivity index (χ1n) is 11.6. The maximum absolute atomic E-state index is 17.2. The Hall–Kier alpha value is -1.67. The van der Waals surface area contributed by atoms with Gasteiger partial charge in [-0.1, -0.05) is 26.8 Å². The fraction of sp³-hybridized carbons (Fsp3) is 0.720. The lowest BCUT2D eigenvalue weighted by molar-refractivity contribution is -0.222. The highest BCUT2D eigenvalue weighted by molar-refractivity contribution is 7.80. The van der Waals surface area contributed by atoms with Crippen molar-refractivity contribution in [2.45, 2.75) is 76.9 Å². The topological polar surface area (TPSA) is 72.8 Å². The molecule has 0 saturated heterocycles. The van der Waals surface area contributed by atoms with Gasteiger partial charge in [0.05, 0.1) is 13.2 Å². The van der Waals surface area contributed by atoms with Gasteiger partial charge in [-0.15, -0.1) is 0 Å². The van der Waals surface area contributed by atoms with Gasteiger partial charge < -0.3 is 14.6 Å². The number of allylic oxidation sites excluding steroid dienone is 4. The first-order chi connectivity index (χ1) is 15.3. The smallest absolute Gasteiger partial charge is 0.306 e.